The molecule has 3 rings (SSSR count). The molecular weight excluding hydrogens is 440 g/mol. The van der Waals surface area contributed by atoms with E-state index < -0.39 is 15.9 Å². The van der Waals surface area contributed by atoms with E-state index in [0.717, 1.165) is 0 Å². The number of Topliss-reactive ketones (excluding diaryl/α,β-unsaturated/α-hetero) is 1. The van der Waals surface area contributed by atoms with Crippen LogP contribution in [0.4, 0.5) is 5.82 Å². The third kappa shape index (κ3) is 6.45. The van der Waals surface area contributed by atoms with Crippen LogP contribution in [-0.4, -0.2) is 43.0 Å². The molecule has 0 aliphatic rings. The number of benzene rings is 2. The van der Waals surface area contributed by atoms with E-state index in [1.807, 2.05) is 18.7 Å². The minimum absolute atomic E-state index is 0.000615. The van der Waals surface area contributed by atoms with Crippen LogP contribution in [0.15, 0.2) is 71.9 Å². The second kappa shape index (κ2) is 10.8. The van der Waals surface area contributed by atoms with Gasteiger partial charge in [-0.3, -0.25) is 9.08 Å². The van der Waals surface area contributed by atoms with Crippen molar-refractivity contribution in [3.05, 3.63) is 89.4 Å². The highest BCUT2D eigenvalue weighted by molar-refractivity contribution is 7.85. The molecule has 1 heterocycles. The molecule has 8 nitrogen and oxygen atoms in total. The van der Waals surface area contributed by atoms with Crippen molar-refractivity contribution in [2.45, 2.75) is 26.5 Å². The van der Waals surface area contributed by atoms with Crippen LogP contribution in [0.3, 0.4) is 0 Å². The monoisotopic (exact) mass is 466 g/mol. The second-order valence-electron chi connectivity index (χ2n) is 7.26. The molecule has 0 saturated heterocycles. The maximum Gasteiger partial charge on any atom is 0.332 e. The Balaban J connectivity index is 2.03. The van der Waals surface area contributed by atoms with Crippen molar-refractivity contribution in [1.82, 2.24) is 9.97 Å². The van der Waals surface area contributed by atoms with Crippen molar-refractivity contribution < 1.29 is 17.5 Å². The molecule has 0 radical (unpaired) electrons. The Kier molecular flexibility index (Phi) is 7.89. The topological polar surface area (TPSA) is 102 Å². The van der Waals surface area contributed by atoms with E-state index in [4.69, 9.17) is 4.28 Å². The zero-order chi connectivity index (χ0) is 23.8. The highest BCUT2D eigenvalue weighted by Crippen LogP contribution is 2.16. The summed E-state index contributed by atoms with van der Waals surface area (Å²) < 4.78 is 30.0. The van der Waals surface area contributed by atoms with Crippen LogP contribution < -0.4 is 4.90 Å². The molecule has 9 heteroatoms. The standard InChI is InChI=1S/C24H26N4O4S/c1-4-28(5-2)21-16-18(3)25-24(26-21)22(23(29)20-14-10-7-11-15-20)27-32-33(30,31)17-19-12-8-6-9-13-19/h6-16H,4-5,17H2,1-3H3. The summed E-state index contributed by atoms with van der Waals surface area (Å²) in [6.07, 6.45) is 0. The molecule has 0 amide bonds. The molecule has 0 aliphatic carbocycles. The lowest BCUT2D eigenvalue weighted by Crippen LogP contribution is -2.26. The first-order chi connectivity index (χ1) is 15.8. The van der Waals surface area contributed by atoms with E-state index in [1.165, 1.54) is 0 Å². The van der Waals surface area contributed by atoms with Crippen molar-refractivity contribution in [2.75, 3.05) is 18.0 Å². The van der Waals surface area contributed by atoms with E-state index in [-0.39, 0.29) is 17.3 Å². The van der Waals surface area contributed by atoms with Gasteiger partial charge < -0.3 is 4.90 Å². The lowest BCUT2D eigenvalue weighted by Gasteiger charge is -2.20. The first-order valence-electron chi connectivity index (χ1n) is 10.6. The zero-order valence-electron chi connectivity index (χ0n) is 18.8. The summed E-state index contributed by atoms with van der Waals surface area (Å²) in [5.41, 5.74) is 1.19. The molecule has 2 aromatic carbocycles. The van der Waals surface area contributed by atoms with E-state index in [9.17, 15) is 13.2 Å². The molecule has 172 valence electrons. The quantitative estimate of drug-likeness (QED) is 0.255. The van der Waals surface area contributed by atoms with Gasteiger partial charge in [0.05, 0.1) is 0 Å². The number of aryl methyl sites for hydroxylation is 1. The van der Waals surface area contributed by atoms with Gasteiger partial charge in [-0.25, -0.2) is 9.97 Å². The van der Waals surface area contributed by atoms with Crippen LogP contribution in [0.2, 0.25) is 0 Å². The summed E-state index contributed by atoms with van der Waals surface area (Å²) in [7, 11) is -4.10. The summed E-state index contributed by atoms with van der Waals surface area (Å²) in [6, 6.07) is 18.8. The zero-order valence-corrected chi connectivity index (χ0v) is 19.6. The van der Waals surface area contributed by atoms with Gasteiger partial charge in [0.25, 0.3) is 0 Å². The Morgan fingerprint density at radius 3 is 2.18 bits per heavy atom. The first kappa shape index (κ1) is 24.1. The highest BCUT2D eigenvalue weighted by atomic mass is 32.2. The van der Waals surface area contributed by atoms with Crippen molar-refractivity contribution in [2.24, 2.45) is 5.16 Å². The number of carbonyl (C=O) groups excluding carboxylic acids is 1. The smallest absolute Gasteiger partial charge is 0.332 e. The number of aromatic nitrogens is 2. The van der Waals surface area contributed by atoms with Crippen molar-refractivity contribution >= 4 is 27.4 Å². The van der Waals surface area contributed by atoms with Crippen LogP contribution >= 0.6 is 0 Å². The molecule has 3 aromatic rings. The summed E-state index contributed by atoms with van der Waals surface area (Å²) in [4.78, 5) is 24.1. The molecule has 0 unspecified atom stereocenters. The Morgan fingerprint density at radius 1 is 0.970 bits per heavy atom. The molecule has 33 heavy (non-hydrogen) atoms. The van der Waals surface area contributed by atoms with Crippen molar-refractivity contribution in [3.8, 4) is 0 Å². The maximum absolute atomic E-state index is 13.3. The normalized spacial score (nSPS) is 11.8. The average Bonchev–Trinajstić information content (AvgIpc) is 2.80. The van der Waals surface area contributed by atoms with Gasteiger partial charge in [0.15, 0.2) is 11.5 Å². The van der Waals surface area contributed by atoms with Gasteiger partial charge >= 0.3 is 10.1 Å². The van der Waals surface area contributed by atoms with E-state index in [1.54, 1.807) is 73.7 Å². The van der Waals surface area contributed by atoms with Gasteiger partial charge in [-0.05, 0) is 26.3 Å². The number of rotatable bonds is 10. The minimum Gasteiger partial charge on any atom is -0.357 e. The van der Waals surface area contributed by atoms with Crippen LogP contribution in [0.5, 0.6) is 0 Å². The molecule has 0 saturated carbocycles. The number of hydrogen-bond donors (Lipinski definition) is 0. The predicted octanol–water partition coefficient (Wildman–Crippen LogP) is 3.76. The van der Waals surface area contributed by atoms with Gasteiger partial charge in [0, 0.05) is 30.4 Å². The van der Waals surface area contributed by atoms with Crippen molar-refractivity contribution in [3.63, 3.8) is 0 Å². The van der Waals surface area contributed by atoms with Crippen molar-refractivity contribution in [1.29, 1.82) is 0 Å². The molecule has 0 N–H and O–H groups in total. The SMILES string of the molecule is CCN(CC)c1cc(C)nc(C(=NOS(=O)(=O)Cc2ccccc2)C(=O)c2ccccc2)n1. The average molecular weight is 467 g/mol. The van der Waals surface area contributed by atoms with Gasteiger partial charge in [-0.15, -0.1) is 0 Å². The third-order valence-corrected chi connectivity index (χ3v) is 5.81. The predicted molar refractivity (Wildman–Crippen MR) is 128 cm³/mol. The molecule has 0 fully saturated rings. The molecule has 0 bridgehead atoms. The van der Waals surface area contributed by atoms with Crippen LogP contribution in [0, 0.1) is 6.92 Å². The largest absolute Gasteiger partial charge is 0.357 e. The van der Waals surface area contributed by atoms with E-state index in [2.05, 4.69) is 15.1 Å². The number of ketones is 1. The van der Waals surface area contributed by atoms with Crippen LogP contribution in [-0.2, 0) is 20.2 Å². The third-order valence-electron chi connectivity index (χ3n) is 4.82. The number of nitrogens with zero attached hydrogens (tertiary/aromatic N) is 4. The molecule has 0 atom stereocenters. The second-order valence-corrected chi connectivity index (χ2v) is 8.81. The Bertz CT molecular complexity index is 1230. The fraction of sp³-hybridized carbons (Fsp3) is 0.250. The lowest BCUT2D eigenvalue weighted by atomic mass is 10.1. The minimum atomic E-state index is -4.10. The fourth-order valence-electron chi connectivity index (χ4n) is 3.18. The number of oxime groups is 1. The van der Waals surface area contributed by atoms with Gasteiger partial charge in [-0.1, -0.05) is 65.8 Å². The molecular formula is C24H26N4O4S. The van der Waals surface area contributed by atoms with E-state index >= 15 is 0 Å². The van der Waals surface area contributed by atoms with Gasteiger partial charge in [0.2, 0.25) is 5.78 Å². The molecule has 1 aromatic heterocycles. The Labute approximate surface area is 194 Å². The highest BCUT2D eigenvalue weighted by Gasteiger charge is 2.24. The first-order valence-corrected chi connectivity index (χ1v) is 12.1. The van der Waals surface area contributed by atoms with Gasteiger partial charge in [-0.2, -0.15) is 8.42 Å². The van der Waals surface area contributed by atoms with Crippen LogP contribution in [0.25, 0.3) is 0 Å². The maximum atomic E-state index is 13.3. The Hall–Kier alpha value is -3.59. The summed E-state index contributed by atoms with van der Waals surface area (Å²) in [6.45, 7) is 7.16. The lowest BCUT2D eigenvalue weighted by molar-refractivity contribution is 0.106. The Morgan fingerprint density at radius 2 is 1.58 bits per heavy atom. The van der Waals surface area contributed by atoms with Crippen LogP contribution in [0.1, 0.15) is 41.3 Å². The number of hydrogen-bond acceptors (Lipinski definition) is 8. The van der Waals surface area contributed by atoms with Gasteiger partial charge in [0.1, 0.15) is 11.6 Å². The summed E-state index contributed by atoms with van der Waals surface area (Å²) in [5, 5.41) is 3.77. The fourth-order valence-corrected chi connectivity index (χ4v) is 4.02. The molecule has 0 aliphatic heterocycles. The number of carbonyl (C=O) groups is 1. The van der Waals surface area contributed by atoms with E-state index in [0.29, 0.717) is 35.7 Å². The number of anilines is 1. The molecule has 0 spiro atoms. The summed E-state index contributed by atoms with van der Waals surface area (Å²) in [5.74, 6) is -0.311. The summed E-state index contributed by atoms with van der Waals surface area (Å²) >= 11 is 0.